The summed E-state index contributed by atoms with van der Waals surface area (Å²) in [4.78, 5) is 0. The average molecular weight is 577 g/mol. The van der Waals surface area contributed by atoms with Crippen molar-refractivity contribution in [2.75, 3.05) is 0 Å². The highest BCUT2D eigenvalue weighted by atomic mass is 16.3. The topological polar surface area (TPSA) is 23.0 Å². The van der Waals surface area contributed by atoms with Crippen LogP contribution in [0.15, 0.2) is 150 Å². The van der Waals surface area contributed by atoms with Gasteiger partial charge in [0.2, 0.25) is 0 Å². The van der Waals surface area contributed by atoms with Gasteiger partial charge in [-0.15, -0.1) is 0 Å². The second-order valence-corrected chi connectivity index (χ2v) is 12.0. The number of hydrogen-bond acceptors (Lipinski definition) is 1. The predicted molar refractivity (Wildman–Crippen MR) is 187 cm³/mol. The third-order valence-corrected chi connectivity index (χ3v) is 9.69. The maximum Gasteiger partial charge on any atom is 0.135 e. The van der Waals surface area contributed by atoms with Gasteiger partial charge in [0.15, 0.2) is 0 Å². The molecule has 1 aliphatic carbocycles. The van der Waals surface area contributed by atoms with Gasteiger partial charge in [-0.05, 0) is 66.6 Å². The lowest BCUT2D eigenvalue weighted by molar-refractivity contribution is 0.590. The van der Waals surface area contributed by atoms with Crippen molar-refractivity contribution in [3.63, 3.8) is 0 Å². The Morgan fingerprint density at radius 1 is 0.511 bits per heavy atom. The van der Waals surface area contributed by atoms with Crippen molar-refractivity contribution in [2.45, 2.75) is 12.3 Å². The van der Waals surface area contributed by atoms with Crippen LogP contribution in [0.25, 0.3) is 72.0 Å². The van der Waals surface area contributed by atoms with Crippen LogP contribution in [-0.4, -0.2) is 9.13 Å². The van der Waals surface area contributed by atoms with E-state index in [2.05, 4.69) is 161 Å². The van der Waals surface area contributed by atoms with Crippen LogP contribution in [0.4, 0.5) is 0 Å². The van der Waals surface area contributed by atoms with E-state index in [0.717, 1.165) is 17.8 Å². The van der Waals surface area contributed by atoms with Gasteiger partial charge in [0.05, 0.1) is 27.8 Å². The zero-order chi connectivity index (χ0) is 29.5. The first-order valence-corrected chi connectivity index (χ1v) is 15.6. The van der Waals surface area contributed by atoms with E-state index in [1.165, 1.54) is 71.5 Å². The van der Waals surface area contributed by atoms with E-state index in [0.29, 0.717) is 0 Å². The summed E-state index contributed by atoms with van der Waals surface area (Å²) in [6.07, 6.45) is 5.36. The van der Waals surface area contributed by atoms with Gasteiger partial charge in [-0.1, -0.05) is 97.1 Å². The molecule has 3 aromatic heterocycles. The number of benzene rings is 6. The van der Waals surface area contributed by atoms with Gasteiger partial charge < -0.3 is 13.6 Å². The molecule has 0 saturated heterocycles. The van der Waals surface area contributed by atoms with Crippen LogP contribution >= 0.6 is 0 Å². The van der Waals surface area contributed by atoms with E-state index in [1.807, 2.05) is 0 Å². The van der Waals surface area contributed by atoms with E-state index in [1.54, 1.807) is 0 Å². The molecule has 1 aliphatic rings. The quantitative estimate of drug-likeness (QED) is 0.205. The Bertz CT molecular complexity index is 2630. The SMILES string of the molecule is C1=Cc2oc3ccccc3c2C(c2cccc3c2c2ccccc2n3-c2cccc3c2c2ccccc2n3-c2ccccc2)C1. The number of nitrogens with zero attached hydrogens (tertiary/aromatic N) is 2. The minimum Gasteiger partial charge on any atom is -0.456 e. The first kappa shape index (κ1) is 24.6. The molecule has 9 aromatic rings. The Morgan fingerprint density at radius 2 is 1.13 bits per heavy atom. The van der Waals surface area contributed by atoms with Crippen LogP contribution in [0.1, 0.15) is 29.2 Å². The molecule has 0 spiro atoms. The van der Waals surface area contributed by atoms with Crippen molar-refractivity contribution in [2.24, 2.45) is 0 Å². The van der Waals surface area contributed by atoms with Crippen molar-refractivity contribution in [3.8, 4) is 11.4 Å². The molecule has 10 rings (SSSR count). The molecule has 0 saturated carbocycles. The molecular weight excluding hydrogens is 548 g/mol. The van der Waals surface area contributed by atoms with Gasteiger partial charge in [-0.2, -0.15) is 0 Å². The second-order valence-electron chi connectivity index (χ2n) is 12.0. The Kier molecular flexibility index (Phi) is 5.11. The standard InChI is InChI=1S/C42H28N2O/c1-2-13-27(14-3-1)43-33-20-7-5-16-31(33)42-36(43)23-12-24-37(42)44-34-21-8-4-15-30(34)40-28(18-10-22-35(40)44)29-19-11-26-39-41(29)32-17-6-9-25-38(32)45-39/h1-18,20-26,29H,19H2. The minimum absolute atomic E-state index is 0.201. The van der Waals surface area contributed by atoms with Crippen molar-refractivity contribution >= 4 is 60.7 Å². The van der Waals surface area contributed by atoms with Crippen molar-refractivity contribution in [1.82, 2.24) is 9.13 Å². The van der Waals surface area contributed by atoms with E-state index >= 15 is 0 Å². The van der Waals surface area contributed by atoms with E-state index in [-0.39, 0.29) is 5.92 Å². The first-order valence-electron chi connectivity index (χ1n) is 15.6. The highest BCUT2D eigenvalue weighted by molar-refractivity contribution is 6.17. The highest BCUT2D eigenvalue weighted by Crippen LogP contribution is 2.46. The normalized spacial score (nSPS) is 14.7. The summed E-state index contributed by atoms with van der Waals surface area (Å²) in [5.41, 5.74) is 10.8. The lowest BCUT2D eigenvalue weighted by atomic mass is 9.82. The molecule has 0 amide bonds. The summed E-state index contributed by atoms with van der Waals surface area (Å²) in [6, 6.07) is 50.4. The summed E-state index contributed by atoms with van der Waals surface area (Å²) < 4.78 is 11.2. The molecular formula is C42H28N2O. The highest BCUT2D eigenvalue weighted by Gasteiger charge is 2.28. The summed E-state index contributed by atoms with van der Waals surface area (Å²) in [5.74, 6) is 1.18. The van der Waals surface area contributed by atoms with E-state index in [4.69, 9.17) is 4.42 Å². The van der Waals surface area contributed by atoms with Gasteiger partial charge in [0, 0.05) is 44.1 Å². The number of aromatic nitrogens is 2. The Balaban J connectivity index is 1.30. The fourth-order valence-corrected chi connectivity index (χ4v) is 7.92. The lowest BCUT2D eigenvalue weighted by Crippen LogP contribution is -2.05. The molecule has 0 aliphatic heterocycles. The summed E-state index contributed by atoms with van der Waals surface area (Å²) in [6.45, 7) is 0. The zero-order valence-electron chi connectivity index (χ0n) is 24.5. The van der Waals surface area contributed by atoms with Crippen molar-refractivity contribution < 1.29 is 4.42 Å². The maximum atomic E-state index is 6.35. The molecule has 3 heterocycles. The number of fused-ring (bicyclic) bond motifs is 9. The van der Waals surface area contributed by atoms with Gasteiger partial charge in [0.25, 0.3) is 0 Å². The Labute approximate surface area is 259 Å². The smallest absolute Gasteiger partial charge is 0.135 e. The molecule has 0 bridgehead atoms. The molecule has 1 unspecified atom stereocenters. The molecule has 0 N–H and O–H groups in total. The molecule has 45 heavy (non-hydrogen) atoms. The fourth-order valence-electron chi connectivity index (χ4n) is 7.92. The van der Waals surface area contributed by atoms with E-state index < -0.39 is 0 Å². The largest absolute Gasteiger partial charge is 0.456 e. The van der Waals surface area contributed by atoms with Crippen molar-refractivity contribution in [3.05, 3.63) is 162 Å². The van der Waals surface area contributed by atoms with Crippen LogP contribution in [-0.2, 0) is 0 Å². The van der Waals surface area contributed by atoms with E-state index in [9.17, 15) is 0 Å². The van der Waals surface area contributed by atoms with Crippen LogP contribution in [0.5, 0.6) is 0 Å². The number of rotatable bonds is 3. The van der Waals surface area contributed by atoms with Gasteiger partial charge in [0.1, 0.15) is 11.3 Å². The fraction of sp³-hybridized carbons (Fsp3) is 0.0476. The summed E-state index contributed by atoms with van der Waals surface area (Å²) in [5, 5.41) is 6.31. The zero-order valence-corrected chi connectivity index (χ0v) is 24.5. The number of allylic oxidation sites excluding steroid dienone is 1. The molecule has 0 fully saturated rings. The third-order valence-electron chi connectivity index (χ3n) is 9.69. The van der Waals surface area contributed by atoms with Gasteiger partial charge >= 0.3 is 0 Å². The summed E-state index contributed by atoms with van der Waals surface area (Å²) >= 11 is 0. The van der Waals surface area contributed by atoms with Gasteiger partial charge in [-0.25, -0.2) is 0 Å². The predicted octanol–water partition coefficient (Wildman–Crippen LogP) is 11.2. The van der Waals surface area contributed by atoms with Crippen LogP contribution in [0.2, 0.25) is 0 Å². The van der Waals surface area contributed by atoms with Crippen molar-refractivity contribution in [1.29, 1.82) is 0 Å². The lowest BCUT2D eigenvalue weighted by Gasteiger charge is -2.20. The molecule has 3 heteroatoms. The third kappa shape index (κ3) is 3.41. The second kappa shape index (κ2) is 9.35. The number of furan rings is 1. The first-order chi connectivity index (χ1) is 22.4. The maximum absolute atomic E-state index is 6.35. The number of hydrogen-bond donors (Lipinski definition) is 0. The molecule has 3 nitrogen and oxygen atoms in total. The Hall–Kier alpha value is -5.80. The molecule has 0 radical (unpaired) electrons. The summed E-state index contributed by atoms with van der Waals surface area (Å²) in [7, 11) is 0. The minimum atomic E-state index is 0.201. The average Bonchev–Trinajstić information content (AvgIpc) is 3.76. The van der Waals surface area contributed by atoms with Crippen LogP contribution in [0, 0.1) is 0 Å². The van der Waals surface area contributed by atoms with Gasteiger partial charge in [-0.3, -0.25) is 0 Å². The Morgan fingerprint density at radius 3 is 1.96 bits per heavy atom. The molecule has 6 aromatic carbocycles. The van der Waals surface area contributed by atoms with Crippen LogP contribution in [0.3, 0.4) is 0 Å². The monoisotopic (exact) mass is 576 g/mol. The van der Waals surface area contributed by atoms with Crippen LogP contribution < -0.4 is 0 Å². The molecule has 1 atom stereocenters. The molecule has 212 valence electrons. The number of para-hydroxylation sites is 4.